The van der Waals surface area contributed by atoms with Crippen molar-refractivity contribution in [2.75, 3.05) is 20.8 Å². The first-order valence-corrected chi connectivity index (χ1v) is 6.49. The fraction of sp³-hybridized carbons (Fsp3) is 0.462. The molecule has 0 radical (unpaired) electrons. The molecule has 1 aromatic carbocycles. The molecule has 5 nitrogen and oxygen atoms in total. The summed E-state index contributed by atoms with van der Waals surface area (Å²) < 4.78 is 11.0. The van der Waals surface area contributed by atoms with Crippen LogP contribution >= 0.6 is 15.9 Å². The van der Waals surface area contributed by atoms with E-state index in [1.54, 1.807) is 26.0 Å². The monoisotopic (exact) mass is 331 g/mol. The van der Waals surface area contributed by atoms with Gasteiger partial charge in [0.2, 0.25) is 0 Å². The minimum absolute atomic E-state index is 0.149. The molecule has 0 spiro atoms. The summed E-state index contributed by atoms with van der Waals surface area (Å²) in [6.07, 6.45) is 0. The maximum Gasteiger partial charge on any atom is 0.252 e. The molecular formula is C13H18BrNO4. The average Bonchev–Trinajstić information content (AvgIpc) is 2.38. The Bertz CT molecular complexity index is 449. The molecule has 1 rings (SSSR count). The minimum Gasteiger partial charge on any atom is -0.495 e. The highest BCUT2D eigenvalue weighted by Crippen LogP contribution is 2.35. The number of aliphatic hydroxyl groups is 1. The van der Waals surface area contributed by atoms with E-state index in [0.29, 0.717) is 21.5 Å². The van der Waals surface area contributed by atoms with Crippen LogP contribution in [0.2, 0.25) is 0 Å². The number of benzene rings is 1. The number of hydrogen-bond donors (Lipinski definition) is 2. The summed E-state index contributed by atoms with van der Waals surface area (Å²) in [5.41, 5.74) is -0.289. The molecule has 0 aliphatic rings. The van der Waals surface area contributed by atoms with E-state index in [-0.39, 0.29) is 12.5 Å². The average molecular weight is 332 g/mol. The van der Waals surface area contributed by atoms with Crippen LogP contribution in [-0.2, 0) is 0 Å². The second-order valence-electron chi connectivity index (χ2n) is 4.69. The van der Waals surface area contributed by atoms with Gasteiger partial charge < -0.3 is 19.9 Å². The van der Waals surface area contributed by atoms with Crippen LogP contribution in [0.3, 0.4) is 0 Å². The van der Waals surface area contributed by atoms with Gasteiger partial charge in [-0.15, -0.1) is 0 Å². The number of nitrogens with one attached hydrogen (secondary N) is 1. The summed E-state index contributed by atoms with van der Waals surface area (Å²) in [6, 6.07) is 3.21. The highest BCUT2D eigenvalue weighted by Gasteiger charge is 2.22. The molecule has 0 heterocycles. The first-order chi connectivity index (χ1) is 8.84. The number of methoxy groups -OCH3 is 2. The first kappa shape index (κ1) is 15.8. The van der Waals surface area contributed by atoms with Gasteiger partial charge >= 0.3 is 0 Å². The largest absolute Gasteiger partial charge is 0.495 e. The third-order valence-corrected chi connectivity index (χ3v) is 3.34. The highest BCUT2D eigenvalue weighted by atomic mass is 79.9. The van der Waals surface area contributed by atoms with Crippen LogP contribution in [0.25, 0.3) is 0 Å². The van der Waals surface area contributed by atoms with Crippen LogP contribution < -0.4 is 14.8 Å². The summed E-state index contributed by atoms with van der Waals surface area (Å²) in [5.74, 6) is 0.709. The van der Waals surface area contributed by atoms with Crippen LogP contribution in [0.15, 0.2) is 16.6 Å². The van der Waals surface area contributed by atoms with E-state index < -0.39 is 5.54 Å². The molecule has 1 amide bonds. The molecular weight excluding hydrogens is 314 g/mol. The van der Waals surface area contributed by atoms with Crippen LogP contribution in [0.4, 0.5) is 0 Å². The van der Waals surface area contributed by atoms with Crippen molar-refractivity contribution in [3.8, 4) is 11.5 Å². The van der Waals surface area contributed by atoms with E-state index in [9.17, 15) is 4.79 Å². The molecule has 106 valence electrons. The Balaban J connectivity index is 3.10. The maximum atomic E-state index is 12.1. The van der Waals surface area contributed by atoms with Gasteiger partial charge in [-0.1, -0.05) is 0 Å². The fourth-order valence-corrected chi connectivity index (χ4v) is 1.97. The molecule has 0 saturated carbocycles. The van der Waals surface area contributed by atoms with Crippen LogP contribution in [-0.4, -0.2) is 37.4 Å². The Morgan fingerprint density at radius 2 is 1.79 bits per heavy atom. The molecule has 2 N–H and O–H groups in total. The molecule has 0 atom stereocenters. The number of carbonyl (C=O) groups is 1. The van der Waals surface area contributed by atoms with Crippen molar-refractivity contribution in [2.24, 2.45) is 0 Å². The molecule has 0 bridgehead atoms. The van der Waals surface area contributed by atoms with E-state index >= 15 is 0 Å². The third kappa shape index (κ3) is 3.84. The third-order valence-electron chi connectivity index (χ3n) is 2.56. The van der Waals surface area contributed by atoms with Crippen molar-refractivity contribution >= 4 is 21.8 Å². The lowest BCUT2D eigenvalue weighted by Crippen LogP contribution is -2.46. The van der Waals surface area contributed by atoms with Crippen molar-refractivity contribution in [3.05, 3.63) is 22.2 Å². The topological polar surface area (TPSA) is 67.8 Å². The van der Waals surface area contributed by atoms with Crippen molar-refractivity contribution < 1.29 is 19.4 Å². The van der Waals surface area contributed by atoms with Crippen molar-refractivity contribution in [2.45, 2.75) is 19.4 Å². The van der Waals surface area contributed by atoms with Crippen LogP contribution in [0, 0.1) is 0 Å². The predicted octanol–water partition coefficient (Wildman–Crippen LogP) is 1.97. The second kappa shape index (κ2) is 6.25. The van der Waals surface area contributed by atoms with E-state index in [2.05, 4.69) is 21.2 Å². The Morgan fingerprint density at radius 3 is 2.16 bits per heavy atom. The van der Waals surface area contributed by atoms with E-state index in [1.165, 1.54) is 14.2 Å². The van der Waals surface area contributed by atoms with Crippen LogP contribution in [0.1, 0.15) is 24.2 Å². The van der Waals surface area contributed by atoms with Gasteiger partial charge in [0.1, 0.15) is 16.0 Å². The number of rotatable bonds is 5. The Labute approximate surface area is 121 Å². The van der Waals surface area contributed by atoms with Crippen LogP contribution in [0.5, 0.6) is 11.5 Å². The molecule has 1 aromatic rings. The lowest BCUT2D eigenvalue weighted by atomic mass is 10.1. The Kier molecular flexibility index (Phi) is 5.20. The van der Waals surface area contributed by atoms with Crippen molar-refractivity contribution in [1.82, 2.24) is 5.32 Å². The van der Waals surface area contributed by atoms with Gasteiger partial charge in [-0.2, -0.15) is 0 Å². The SMILES string of the molecule is COc1cc(C(=O)NC(C)(C)CO)cc(OC)c1Br. The standard InChI is InChI=1S/C13H18BrNO4/c1-13(2,7-16)15-12(17)8-5-9(18-3)11(14)10(6-8)19-4/h5-6,16H,7H2,1-4H3,(H,15,17). The number of amides is 1. The lowest BCUT2D eigenvalue weighted by Gasteiger charge is -2.23. The molecule has 0 unspecified atom stereocenters. The zero-order valence-corrected chi connectivity index (χ0v) is 13.0. The molecule has 0 fully saturated rings. The highest BCUT2D eigenvalue weighted by molar-refractivity contribution is 9.10. The number of halogens is 1. The molecule has 0 saturated heterocycles. The summed E-state index contributed by atoms with van der Waals surface area (Å²) in [5, 5.41) is 11.9. The second-order valence-corrected chi connectivity index (χ2v) is 5.48. The van der Waals surface area contributed by atoms with Gasteiger partial charge in [-0.3, -0.25) is 4.79 Å². The van der Waals surface area contributed by atoms with Gasteiger partial charge in [0.05, 0.1) is 26.4 Å². The number of aliphatic hydroxyl groups excluding tert-OH is 1. The van der Waals surface area contributed by atoms with E-state index in [1.807, 2.05) is 0 Å². The molecule has 0 aliphatic carbocycles. The summed E-state index contributed by atoms with van der Waals surface area (Å²) in [6.45, 7) is 3.32. The van der Waals surface area contributed by atoms with E-state index in [0.717, 1.165) is 0 Å². The smallest absolute Gasteiger partial charge is 0.252 e. The van der Waals surface area contributed by atoms with Gasteiger partial charge in [0.15, 0.2) is 0 Å². The Morgan fingerprint density at radius 1 is 1.32 bits per heavy atom. The molecule has 0 aromatic heterocycles. The first-order valence-electron chi connectivity index (χ1n) is 5.69. The van der Waals surface area contributed by atoms with Gasteiger partial charge in [0, 0.05) is 5.56 Å². The maximum absolute atomic E-state index is 12.1. The number of ether oxygens (including phenoxy) is 2. The lowest BCUT2D eigenvalue weighted by molar-refractivity contribution is 0.0868. The summed E-state index contributed by atoms with van der Waals surface area (Å²) in [4.78, 5) is 12.1. The normalized spacial score (nSPS) is 11.1. The minimum atomic E-state index is -0.690. The summed E-state index contributed by atoms with van der Waals surface area (Å²) >= 11 is 3.34. The fourth-order valence-electron chi connectivity index (χ4n) is 1.42. The number of carbonyl (C=O) groups excluding carboxylic acids is 1. The zero-order chi connectivity index (χ0) is 14.6. The van der Waals surface area contributed by atoms with Gasteiger partial charge in [-0.25, -0.2) is 0 Å². The van der Waals surface area contributed by atoms with Gasteiger partial charge in [-0.05, 0) is 41.9 Å². The Hall–Kier alpha value is -1.27. The predicted molar refractivity (Wildman–Crippen MR) is 75.9 cm³/mol. The number of hydrogen-bond acceptors (Lipinski definition) is 4. The molecule has 19 heavy (non-hydrogen) atoms. The zero-order valence-electron chi connectivity index (χ0n) is 11.4. The summed E-state index contributed by atoms with van der Waals surface area (Å²) in [7, 11) is 3.03. The molecule has 6 heteroatoms. The van der Waals surface area contributed by atoms with E-state index in [4.69, 9.17) is 14.6 Å². The quantitative estimate of drug-likeness (QED) is 0.865. The molecule has 0 aliphatic heterocycles. The van der Waals surface area contributed by atoms with Crippen molar-refractivity contribution in [3.63, 3.8) is 0 Å². The van der Waals surface area contributed by atoms with Gasteiger partial charge in [0.25, 0.3) is 5.91 Å². The van der Waals surface area contributed by atoms with Crippen molar-refractivity contribution in [1.29, 1.82) is 0 Å².